The molecule has 0 saturated carbocycles. The molecule has 1 aromatic rings. The van der Waals surface area contributed by atoms with Crippen LogP contribution in [0.5, 0.6) is 0 Å². The highest BCUT2D eigenvalue weighted by Gasteiger charge is 2.31. The molecule has 0 aromatic heterocycles. The first-order valence-corrected chi connectivity index (χ1v) is 10.3. The standard InChI is InChI=1S/C17H23ClN2O5S/c1-3-19-16(21)11-25-17(22)13-6-7-14(18)15(9-13)26(23,24)20-8-4-5-12(2)10-20/h6-7,9,12H,3-5,8,10-11H2,1-2H3,(H,19,21)/t12-/m1/s1. The lowest BCUT2D eigenvalue weighted by Crippen LogP contribution is -2.39. The molecule has 1 amide bonds. The Bertz CT molecular complexity index is 781. The molecule has 0 radical (unpaired) electrons. The van der Waals surface area contributed by atoms with Crippen molar-refractivity contribution >= 4 is 33.5 Å². The van der Waals surface area contributed by atoms with Crippen LogP contribution in [0.1, 0.15) is 37.0 Å². The molecular formula is C17H23ClN2O5S. The first-order valence-electron chi connectivity index (χ1n) is 8.49. The summed E-state index contributed by atoms with van der Waals surface area (Å²) in [6, 6.07) is 3.93. The highest BCUT2D eigenvalue weighted by molar-refractivity contribution is 7.89. The molecule has 144 valence electrons. The summed E-state index contributed by atoms with van der Waals surface area (Å²) in [5.74, 6) is -0.941. The maximum atomic E-state index is 12.9. The van der Waals surface area contributed by atoms with E-state index in [1.807, 2.05) is 6.92 Å². The molecule has 0 unspecified atom stereocenters. The van der Waals surface area contributed by atoms with Crippen LogP contribution in [0.2, 0.25) is 5.02 Å². The second-order valence-electron chi connectivity index (χ2n) is 6.29. The van der Waals surface area contributed by atoms with Crippen LogP contribution in [0.3, 0.4) is 0 Å². The number of likely N-dealkylation sites (N-methyl/N-ethyl adjacent to an activating group) is 1. The summed E-state index contributed by atoms with van der Waals surface area (Å²) in [6.45, 7) is 4.59. The SMILES string of the molecule is CCNC(=O)COC(=O)c1ccc(Cl)c(S(=O)(=O)N2CCC[C@@H](C)C2)c1. The molecule has 1 N–H and O–H groups in total. The molecule has 1 fully saturated rings. The van der Waals surface area contributed by atoms with Crippen LogP contribution >= 0.6 is 11.6 Å². The minimum absolute atomic E-state index is 0.0299. The number of hydrogen-bond donors (Lipinski definition) is 1. The van der Waals surface area contributed by atoms with Crippen molar-refractivity contribution in [3.8, 4) is 0 Å². The van der Waals surface area contributed by atoms with E-state index in [-0.39, 0.29) is 21.4 Å². The predicted molar refractivity (Wildman–Crippen MR) is 97.6 cm³/mol. The summed E-state index contributed by atoms with van der Waals surface area (Å²) in [5, 5.41) is 2.55. The van der Waals surface area contributed by atoms with Gasteiger partial charge in [-0.25, -0.2) is 13.2 Å². The Kier molecular flexibility index (Phi) is 7.02. The third-order valence-electron chi connectivity index (χ3n) is 4.11. The Morgan fingerprint density at radius 2 is 2.12 bits per heavy atom. The minimum atomic E-state index is -3.81. The average molecular weight is 403 g/mol. The molecule has 1 aliphatic heterocycles. The highest BCUT2D eigenvalue weighted by atomic mass is 35.5. The fourth-order valence-electron chi connectivity index (χ4n) is 2.79. The van der Waals surface area contributed by atoms with Gasteiger partial charge in [0.05, 0.1) is 10.6 Å². The fraction of sp³-hybridized carbons (Fsp3) is 0.529. The third kappa shape index (κ3) is 4.96. The molecule has 26 heavy (non-hydrogen) atoms. The number of rotatable bonds is 6. The van der Waals surface area contributed by atoms with Gasteiger partial charge in [0.15, 0.2) is 6.61 Å². The van der Waals surface area contributed by atoms with Crippen molar-refractivity contribution in [1.29, 1.82) is 0 Å². The van der Waals surface area contributed by atoms with Gasteiger partial charge >= 0.3 is 5.97 Å². The maximum absolute atomic E-state index is 12.9. The number of ether oxygens (including phenoxy) is 1. The largest absolute Gasteiger partial charge is 0.452 e. The highest BCUT2D eigenvalue weighted by Crippen LogP contribution is 2.29. The molecule has 0 bridgehead atoms. The molecule has 1 aromatic carbocycles. The molecule has 1 heterocycles. The van der Waals surface area contributed by atoms with Gasteiger partial charge in [-0.2, -0.15) is 4.31 Å². The molecule has 1 saturated heterocycles. The van der Waals surface area contributed by atoms with Gasteiger partial charge in [-0.15, -0.1) is 0 Å². The van der Waals surface area contributed by atoms with Crippen molar-refractivity contribution in [2.45, 2.75) is 31.6 Å². The van der Waals surface area contributed by atoms with Gasteiger partial charge in [0.2, 0.25) is 10.0 Å². The Hall–Kier alpha value is -1.64. The van der Waals surface area contributed by atoms with E-state index in [4.69, 9.17) is 16.3 Å². The fourth-order valence-corrected chi connectivity index (χ4v) is 4.89. The molecule has 0 spiro atoms. The second kappa shape index (κ2) is 8.83. The Balaban J connectivity index is 2.21. The number of nitrogens with zero attached hydrogens (tertiary/aromatic N) is 1. The van der Waals surface area contributed by atoms with Crippen molar-refractivity contribution in [1.82, 2.24) is 9.62 Å². The Morgan fingerprint density at radius 1 is 1.38 bits per heavy atom. The lowest BCUT2D eigenvalue weighted by atomic mass is 10.0. The van der Waals surface area contributed by atoms with Crippen LogP contribution in [0.4, 0.5) is 0 Å². The van der Waals surface area contributed by atoms with E-state index in [0.29, 0.717) is 19.6 Å². The number of carbonyl (C=O) groups excluding carboxylic acids is 2. The van der Waals surface area contributed by atoms with Crippen molar-refractivity contribution in [2.75, 3.05) is 26.2 Å². The van der Waals surface area contributed by atoms with Crippen LogP contribution < -0.4 is 5.32 Å². The number of hydrogen-bond acceptors (Lipinski definition) is 5. The molecule has 9 heteroatoms. The third-order valence-corrected chi connectivity index (χ3v) is 6.46. The average Bonchev–Trinajstić information content (AvgIpc) is 2.60. The van der Waals surface area contributed by atoms with Crippen LogP contribution in [-0.4, -0.2) is 50.8 Å². The van der Waals surface area contributed by atoms with Crippen LogP contribution in [-0.2, 0) is 19.6 Å². The Morgan fingerprint density at radius 3 is 2.77 bits per heavy atom. The molecule has 1 aliphatic rings. The predicted octanol–water partition coefficient (Wildman–Crippen LogP) is 2.05. The Labute approximate surface area is 158 Å². The number of carbonyl (C=O) groups is 2. The lowest BCUT2D eigenvalue weighted by molar-refractivity contribution is -0.124. The number of amides is 1. The van der Waals surface area contributed by atoms with Crippen molar-refractivity contribution < 1.29 is 22.7 Å². The van der Waals surface area contributed by atoms with Gasteiger partial charge in [0.1, 0.15) is 4.90 Å². The molecule has 0 aliphatic carbocycles. The first-order chi connectivity index (χ1) is 12.3. The van der Waals surface area contributed by atoms with E-state index < -0.39 is 28.5 Å². The van der Waals surface area contributed by atoms with Crippen molar-refractivity contribution in [3.05, 3.63) is 28.8 Å². The lowest BCUT2D eigenvalue weighted by Gasteiger charge is -2.30. The molecule has 1 atom stereocenters. The number of nitrogens with one attached hydrogen (secondary N) is 1. The van der Waals surface area contributed by atoms with E-state index in [9.17, 15) is 18.0 Å². The minimum Gasteiger partial charge on any atom is -0.452 e. The number of halogens is 1. The summed E-state index contributed by atoms with van der Waals surface area (Å²) in [6.07, 6.45) is 1.76. The molecule has 7 nitrogen and oxygen atoms in total. The number of sulfonamides is 1. The number of esters is 1. The van der Waals surface area contributed by atoms with Gasteiger partial charge in [0, 0.05) is 19.6 Å². The number of benzene rings is 1. The van der Waals surface area contributed by atoms with Gasteiger partial charge in [0.25, 0.3) is 5.91 Å². The summed E-state index contributed by atoms with van der Waals surface area (Å²) < 4.78 is 32.1. The van der Waals surface area contributed by atoms with E-state index in [1.54, 1.807) is 6.92 Å². The van der Waals surface area contributed by atoms with E-state index in [2.05, 4.69) is 5.32 Å². The summed E-state index contributed by atoms with van der Waals surface area (Å²) in [7, 11) is -3.81. The quantitative estimate of drug-likeness (QED) is 0.735. The van der Waals surface area contributed by atoms with Crippen LogP contribution in [0, 0.1) is 5.92 Å². The van der Waals surface area contributed by atoms with Crippen LogP contribution in [0.25, 0.3) is 0 Å². The zero-order valence-corrected chi connectivity index (χ0v) is 16.4. The smallest absolute Gasteiger partial charge is 0.338 e. The van der Waals surface area contributed by atoms with Crippen molar-refractivity contribution in [2.24, 2.45) is 5.92 Å². The van der Waals surface area contributed by atoms with E-state index >= 15 is 0 Å². The van der Waals surface area contributed by atoms with Crippen molar-refractivity contribution in [3.63, 3.8) is 0 Å². The summed E-state index contributed by atoms with van der Waals surface area (Å²) >= 11 is 6.09. The van der Waals surface area contributed by atoms with Gasteiger partial charge in [-0.3, -0.25) is 4.79 Å². The first kappa shape index (κ1) is 20.7. The van der Waals surface area contributed by atoms with Gasteiger partial charge in [-0.1, -0.05) is 18.5 Å². The zero-order valence-electron chi connectivity index (χ0n) is 14.8. The monoisotopic (exact) mass is 402 g/mol. The molecule has 2 rings (SSSR count). The normalized spacial score (nSPS) is 18.3. The van der Waals surface area contributed by atoms with Gasteiger partial charge in [-0.05, 0) is 43.9 Å². The molecular weight excluding hydrogens is 380 g/mol. The maximum Gasteiger partial charge on any atom is 0.338 e. The van der Waals surface area contributed by atoms with Gasteiger partial charge < -0.3 is 10.1 Å². The van der Waals surface area contributed by atoms with E-state index in [0.717, 1.165) is 12.8 Å². The number of piperidine rings is 1. The summed E-state index contributed by atoms with van der Waals surface area (Å²) in [4.78, 5) is 23.4. The van der Waals surface area contributed by atoms with Crippen LogP contribution in [0.15, 0.2) is 23.1 Å². The van der Waals surface area contributed by atoms with E-state index in [1.165, 1.54) is 22.5 Å². The summed E-state index contributed by atoms with van der Waals surface area (Å²) in [5.41, 5.74) is 0.0299. The topological polar surface area (TPSA) is 92.8 Å². The second-order valence-corrected chi connectivity index (χ2v) is 8.60. The zero-order chi connectivity index (χ0) is 19.3.